The van der Waals surface area contributed by atoms with Crippen LogP contribution in [0.25, 0.3) is 0 Å². The van der Waals surface area contributed by atoms with Gasteiger partial charge in [-0.05, 0) is 29.9 Å². The van der Waals surface area contributed by atoms with Crippen molar-refractivity contribution in [2.24, 2.45) is 0 Å². The molecule has 96 valence electrons. The lowest BCUT2D eigenvalue weighted by atomic mass is 10.2. The Labute approximate surface area is 114 Å². The Bertz CT molecular complexity index is 688. The van der Waals surface area contributed by atoms with Crippen LogP contribution in [0.5, 0.6) is 0 Å². The predicted octanol–water partition coefficient (Wildman–Crippen LogP) is 2.50. The normalized spacial score (nSPS) is 11.6. The molecule has 2 aromatic rings. The zero-order valence-electron chi connectivity index (χ0n) is 9.09. The maximum Gasteiger partial charge on any atom is 0.284 e. The van der Waals surface area contributed by atoms with Gasteiger partial charge >= 0.3 is 0 Å². The molecule has 1 N–H and O–H groups in total. The van der Waals surface area contributed by atoms with Crippen LogP contribution >= 0.6 is 23.8 Å². The van der Waals surface area contributed by atoms with Gasteiger partial charge in [0.15, 0.2) is 9.84 Å². The number of nitrogens with one attached hydrogen (secondary N) is 1. The molecule has 0 aliphatic carbocycles. The molecule has 18 heavy (non-hydrogen) atoms. The first-order chi connectivity index (χ1) is 8.44. The van der Waals surface area contributed by atoms with Crippen molar-refractivity contribution in [1.82, 2.24) is 10.2 Å². The molecule has 1 heterocycles. The van der Waals surface area contributed by atoms with Crippen LogP contribution in [0.3, 0.4) is 0 Å². The summed E-state index contributed by atoms with van der Waals surface area (Å²) in [5.74, 6) is -0.323. The molecule has 0 saturated heterocycles. The van der Waals surface area contributed by atoms with Crippen molar-refractivity contribution in [3.63, 3.8) is 0 Å². The van der Waals surface area contributed by atoms with Crippen molar-refractivity contribution in [1.29, 1.82) is 0 Å². The van der Waals surface area contributed by atoms with E-state index in [0.29, 0.717) is 10.6 Å². The van der Waals surface area contributed by atoms with Crippen LogP contribution in [0.2, 0.25) is 5.02 Å². The second kappa shape index (κ2) is 5.21. The van der Waals surface area contributed by atoms with Gasteiger partial charge in [0.05, 0.1) is 5.75 Å². The molecule has 1 aromatic carbocycles. The number of H-pyrrole nitrogens is 1. The SMILES string of the molecule is O=S(=O)(Cc1ccc(Cl)cc1)Cc1n[nH]c(=S)o1. The number of benzene rings is 1. The van der Waals surface area contributed by atoms with Crippen molar-refractivity contribution < 1.29 is 12.8 Å². The number of nitrogens with zero attached hydrogens (tertiary/aromatic N) is 1. The summed E-state index contributed by atoms with van der Waals surface area (Å²) < 4.78 is 28.7. The number of hydrogen-bond donors (Lipinski definition) is 1. The standard InChI is InChI=1S/C10H9ClN2O3S2/c11-8-3-1-7(2-4-8)5-18(14,15)6-9-12-13-10(17)16-9/h1-4H,5-6H2,(H,13,17). The zero-order chi connectivity index (χ0) is 13.2. The van der Waals surface area contributed by atoms with E-state index in [9.17, 15) is 8.42 Å². The van der Waals surface area contributed by atoms with E-state index in [4.69, 9.17) is 16.0 Å². The van der Waals surface area contributed by atoms with Gasteiger partial charge in [0.1, 0.15) is 5.75 Å². The van der Waals surface area contributed by atoms with Crippen molar-refractivity contribution in [3.05, 3.63) is 45.6 Å². The summed E-state index contributed by atoms with van der Waals surface area (Å²) in [6.07, 6.45) is 0. The highest BCUT2D eigenvalue weighted by Gasteiger charge is 2.16. The second-order valence-corrected chi connectivity index (χ2v) is 6.54. The van der Waals surface area contributed by atoms with E-state index in [2.05, 4.69) is 22.4 Å². The maximum atomic E-state index is 11.9. The number of aromatic amines is 1. The average molecular weight is 305 g/mol. The molecular formula is C10H9ClN2O3S2. The Kier molecular flexibility index (Phi) is 3.84. The number of sulfone groups is 1. The molecule has 0 aliphatic rings. The molecule has 5 nitrogen and oxygen atoms in total. The van der Waals surface area contributed by atoms with E-state index in [1.54, 1.807) is 24.3 Å². The van der Waals surface area contributed by atoms with Crippen LogP contribution in [-0.2, 0) is 21.3 Å². The minimum Gasteiger partial charge on any atom is -0.413 e. The van der Waals surface area contributed by atoms with Crippen molar-refractivity contribution in [3.8, 4) is 0 Å². The van der Waals surface area contributed by atoms with Crippen molar-refractivity contribution in [2.75, 3.05) is 0 Å². The molecule has 0 radical (unpaired) electrons. The van der Waals surface area contributed by atoms with E-state index >= 15 is 0 Å². The average Bonchev–Trinajstić information content (AvgIpc) is 2.66. The van der Waals surface area contributed by atoms with Crippen LogP contribution in [0.4, 0.5) is 0 Å². The minimum absolute atomic E-state index is 0.0618. The molecular weight excluding hydrogens is 296 g/mol. The molecule has 0 saturated carbocycles. The summed E-state index contributed by atoms with van der Waals surface area (Å²) in [6.45, 7) is 0. The summed E-state index contributed by atoms with van der Waals surface area (Å²) in [5, 5.41) is 6.60. The number of aromatic nitrogens is 2. The monoisotopic (exact) mass is 304 g/mol. The fraction of sp³-hybridized carbons (Fsp3) is 0.200. The zero-order valence-corrected chi connectivity index (χ0v) is 11.5. The van der Waals surface area contributed by atoms with Crippen LogP contribution in [0.1, 0.15) is 11.5 Å². The lowest BCUT2D eigenvalue weighted by Gasteiger charge is -2.02. The van der Waals surface area contributed by atoms with Gasteiger partial charge in [-0.25, -0.2) is 13.5 Å². The molecule has 0 amide bonds. The molecule has 1 aromatic heterocycles. The Morgan fingerprint density at radius 1 is 1.28 bits per heavy atom. The van der Waals surface area contributed by atoms with Gasteiger partial charge in [0.2, 0.25) is 5.89 Å². The summed E-state index contributed by atoms with van der Waals surface area (Å²) in [7, 11) is -3.35. The number of rotatable bonds is 4. The summed E-state index contributed by atoms with van der Waals surface area (Å²) in [4.78, 5) is 0.0618. The van der Waals surface area contributed by atoms with E-state index in [-0.39, 0.29) is 22.2 Å². The molecule has 0 fully saturated rings. The highest BCUT2D eigenvalue weighted by atomic mass is 35.5. The summed E-state index contributed by atoms with van der Waals surface area (Å²) in [5.41, 5.74) is 0.661. The summed E-state index contributed by atoms with van der Waals surface area (Å²) in [6, 6.07) is 6.62. The fourth-order valence-electron chi connectivity index (χ4n) is 1.40. The Balaban J connectivity index is 2.12. The van der Waals surface area contributed by atoms with Crippen LogP contribution in [0.15, 0.2) is 28.7 Å². The third kappa shape index (κ3) is 3.66. The third-order valence-electron chi connectivity index (χ3n) is 2.13. The van der Waals surface area contributed by atoms with Gasteiger partial charge < -0.3 is 4.42 Å². The van der Waals surface area contributed by atoms with Crippen LogP contribution < -0.4 is 0 Å². The maximum absolute atomic E-state index is 11.9. The number of halogens is 1. The Morgan fingerprint density at radius 2 is 1.94 bits per heavy atom. The Hall–Kier alpha value is -1.18. The van der Waals surface area contributed by atoms with Gasteiger partial charge in [0.25, 0.3) is 4.84 Å². The quantitative estimate of drug-likeness (QED) is 0.878. The van der Waals surface area contributed by atoms with Gasteiger partial charge in [-0.2, -0.15) is 0 Å². The van der Waals surface area contributed by atoms with Crippen LogP contribution in [-0.4, -0.2) is 18.6 Å². The second-order valence-electron chi connectivity index (χ2n) is 3.67. The Morgan fingerprint density at radius 3 is 2.50 bits per heavy atom. The molecule has 0 bridgehead atoms. The first-order valence-electron chi connectivity index (χ1n) is 4.94. The molecule has 2 rings (SSSR count). The lowest BCUT2D eigenvalue weighted by Crippen LogP contribution is -2.07. The molecule has 0 aliphatic heterocycles. The van der Waals surface area contributed by atoms with E-state index in [1.807, 2.05) is 0 Å². The lowest BCUT2D eigenvalue weighted by molar-refractivity contribution is 0.493. The van der Waals surface area contributed by atoms with Gasteiger partial charge in [0, 0.05) is 5.02 Å². The van der Waals surface area contributed by atoms with Gasteiger partial charge in [-0.3, -0.25) is 0 Å². The molecule has 0 unspecified atom stereocenters. The van der Waals surface area contributed by atoms with Gasteiger partial charge in [-0.15, -0.1) is 5.10 Å². The highest BCUT2D eigenvalue weighted by Crippen LogP contribution is 2.14. The molecule has 0 spiro atoms. The van der Waals surface area contributed by atoms with Gasteiger partial charge in [-0.1, -0.05) is 23.7 Å². The fourth-order valence-corrected chi connectivity index (χ4v) is 2.97. The molecule has 8 heteroatoms. The van der Waals surface area contributed by atoms with Crippen molar-refractivity contribution in [2.45, 2.75) is 11.5 Å². The van der Waals surface area contributed by atoms with E-state index < -0.39 is 9.84 Å². The first-order valence-corrected chi connectivity index (χ1v) is 7.55. The van der Waals surface area contributed by atoms with E-state index in [0.717, 1.165) is 0 Å². The predicted molar refractivity (Wildman–Crippen MR) is 69.5 cm³/mol. The van der Waals surface area contributed by atoms with Crippen LogP contribution in [0, 0.1) is 4.84 Å². The first kappa shape index (κ1) is 13.3. The smallest absolute Gasteiger partial charge is 0.284 e. The third-order valence-corrected chi connectivity index (χ3v) is 4.01. The van der Waals surface area contributed by atoms with E-state index in [1.165, 1.54) is 0 Å². The van der Waals surface area contributed by atoms with Crippen molar-refractivity contribution >= 4 is 33.7 Å². The molecule has 0 atom stereocenters. The number of hydrogen-bond acceptors (Lipinski definition) is 5. The highest BCUT2D eigenvalue weighted by molar-refractivity contribution is 7.89. The summed E-state index contributed by atoms with van der Waals surface area (Å²) >= 11 is 10.4. The topological polar surface area (TPSA) is 76.0 Å². The largest absolute Gasteiger partial charge is 0.413 e. The minimum atomic E-state index is -3.35.